The number of halogens is 3. The maximum absolute atomic E-state index is 14.1. The molecule has 9 nitrogen and oxygen atoms in total. The second-order valence-electron chi connectivity index (χ2n) is 10.1. The molecule has 0 bridgehead atoms. The highest BCUT2D eigenvalue weighted by atomic mass is 19.4. The van der Waals surface area contributed by atoms with Crippen LogP contribution in [-0.4, -0.2) is 58.6 Å². The second kappa shape index (κ2) is 11.3. The number of nitrogens with one attached hydrogen (secondary N) is 2. The van der Waals surface area contributed by atoms with Crippen molar-refractivity contribution in [1.29, 1.82) is 0 Å². The normalized spacial score (nSPS) is 18.4. The summed E-state index contributed by atoms with van der Waals surface area (Å²) in [6.45, 7) is 7.47. The Morgan fingerprint density at radius 3 is 2.33 bits per heavy atom. The number of anilines is 1. The summed E-state index contributed by atoms with van der Waals surface area (Å²) in [6, 6.07) is 7.70. The van der Waals surface area contributed by atoms with E-state index in [9.17, 15) is 27.6 Å². The van der Waals surface area contributed by atoms with Gasteiger partial charge in [-0.15, -0.1) is 0 Å². The van der Waals surface area contributed by atoms with Crippen LogP contribution in [0.3, 0.4) is 0 Å². The Morgan fingerprint density at radius 2 is 1.75 bits per heavy atom. The van der Waals surface area contributed by atoms with E-state index >= 15 is 0 Å². The van der Waals surface area contributed by atoms with Gasteiger partial charge in [-0.2, -0.15) is 13.2 Å². The van der Waals surface area contributed by atoms with Crippen molar-refractivity contribution in [3.05, 3.63) is 69.3 Å². The number of ether oxygens (including phenoxy) is 1. The fraction of sp³-hybridized carbons (Fsp3) is 0.429. The molecule has 2 N–H and O–H groups in total. The topological polar surface area (TPSA) is 106 Å². The first-order valence-electron chi connectivity index (χ1n) is 12.9. The number of aromatic nitrogens is 2. The molecule has 0 unspecified atom stereocenters. The molecule has 0 saturated carbocycles. The average Bonchev–Trinajstić information content (AvgIpc) is 2.89. The van der Waals surface area contributed by atoms with Crippen molar-refractivity contribution in [1.82, 2.24) is 19.8 Å². The molecule has 12 heteroatoms. The Bertz CT molecular complexity index is 1480. The number of benzene rings is 2. The molecule has 3 atom stereocenters. The van der Waals surface area contributed by atoms with Crippen molar-refractivity contribution in [2.45, 2.75) is 58.7 Å². The van der Waals surface area contributed by atoms with E-state index in [1.807, 2.05) is 13.8 Å². The van der Waals surface area contributed by atoms with E-state index in [0.29, 0.717) is 24.3 Å². The van der Waals surface area contributed by atoms with Gasteiger partial charge in [-0.25, -0.2) is 4.98 Å². The minimum Gasteiger partial charge on any atom is -0.379 e. The highest BCUT2D eigenvalue weighted by molar-refractivity contribution is 5.94. The van der Waals surface area contributed by atoms with Gasteiger partial charge in [-0.3, -0.25) is 19.0 Å². The van der Waals surface area contributed by atoms with Crippen molar-refractivity contribution >= 4 is 28.4 Å². The van der Waals surface area contributed by atoms with E-state index in [0.717, 1.165) is 10.6 Å². The summed E-state index contributed by atoms with van der Waals surface area (Å²) in [5.41, 5.74) is -0.820. The third kappa shape index (κ3) is 6.11. The number of hydrogen-bond donors (Lipinski definition) is 2. The van der Waals surface area contributed by atoms with Gasteiger partial charge >= 0.3 is 6.18 Å². The van der Waals surface area contributed by atoms with Gasteiger partial charge in [0.2, 0.25) is 5.91 Å². The summed E-state index contributed by atoms with van der Waals surface area (Å²) in [6.07, 6.45) is -4.85. The van der Waals surface area contributed by atoms with Gasteiger partial charge in [-0.1, -0.05) is 0 Å². The molecular weight excluding hydrogens is 527 g/mol. The van der Waals surface area contributed by atoms with Crippen LogP contribution in [0.5, 0.6) is 0 Å². The molecule has 0 radical (unpaired) electrons. The number of carbonyl (C=O) groups excluding carboxylic acids is 2. The van der Waals surface area contributed by atoms with E-state index in [2.05, 4.69) is 15.6 Å². The SMILES string of the molecule is CNC(=O)Cn1c(C)nc2cc(C(F)(F)F)c([C@H](C)Nc3ccc(C(=O)N4C[C@@H](C)O[C@@H](C)C4)cc3)cc2c1=O. The molecule has 4 rings (SSSR count). The number of amides is 2. The summed E-state index contributed by atoms with van der Waals surface area (Å²) in [5, 5.41) is 5.44. The first-order chi connectivity index (χ1) is 18.8. The van der Waals surface area contributed by atoms with Crippen LogP contribution in [-0.2, 0) is 22.3 Å². The smallest absolute Gasteiger partial charge is 0.379 e. The summed E-state index contributed by atoms with van der Waals surface area (Å²) < 4.78 is 49.1. The van der Waals surface area contributed by atoms with Crippen LogP contribution < -0.4 is 16.2 Å². The molecule has 3 aromatic rings. The number of nitrogens with zero attached hydrogens (tertiary/aromatic N) is 3. The fourth-order valence-electron chi connectivity index (χ4n) is 4.97. The number of alkyl halides is 3. The summed E-state index contributed by atoms with van der Waals surface area (Å²) in [4.78, 5) is 43.9. The first-order valence-corrected chi connectivity index (χ1v) is 12.9. The molecule has 2 aromatic carbocycles. The number of rotatable bonds is 6. The standard InChI is InChI=1S/C28H32F3N5O4/c1-15-12-35(13-16(2)40-15)26(38)19-6-8-20(9-7-19)33-17(3)21-10-22-24(11-23(21)28(29,30)31)34-18(4)36(27(22)39)14-25(37)32-5/h6-11,15-17,33H,12-14H2,1-5H3,(H,32,37)/t15-,16+,17-/m0/s1. The van der Waals surface area contributed by atoms with Crippen LogP contribution in [0, 0.1) is 6.92 Å². The maximum Gasteiger partial charge on any atom is 0.416 e. The lowest BCUT2D eigenvalue weighted by atomic mass is 9.98. The van der Waals surface area contributed by atoms with E-state index in [4.69, 9.17) is 4.74 Å². The van der Waals surface area contributed by atoms with Gasteiger partial charge in [0.15, 0.2) is 0 Å². The van der Waals surface area contributed by atoms with Crippen LogP contribution in [0.25, 0.3) is 10.9 Å². The summed E-state index contributed by atoms with van der Waals surface area (Å²) in [5.74, 6) is -0.455. The van der Waals surface area contributed by atoms with Crippen molar-refractivity contribution < 1.29 is 27.5 Å². The predicted molar refractivity (Wildman–Crippen MR) is 144 cm³/mol. The minimum atomic E-state index is -4.70. The van der Waals surface area contributed by atoms with Gasteiger partial charge in [0.1, 0.15) is 12.4 Å². The monoisotopic (exact) mass is 559 g/mol. The number of aryl methyl sites for hydroxylation is 1. The van der Waals surface area contributed by atoms with Crippen LogP contribution in [0.1, 0.15) is 54.1 Å². The van der Waals surface area contributed by atoms with Crippen molar-refractivity contribution in [3.63, 3.8) is 0 Å². The Hall–Kier alpha value is -3.93. The van der Waals surface area contributed by atoms with Crippen LogP contribution in [0.4, 0.5) is 18.9 Å². The van der Waals surface area contributed by atoms with E-state index < -0.39 is 29.2 Å². The zero-order chi connectivity index (χ0) is 29.4. The fourth-order valence-corrected chi connectivity index (χ4v) is 4.97. The molecule has 1 aliphatic heterocycles. The second-order valence-corrected chi connectivity index (χ2v) is 10.1. The molecule has 0 aliphatic carbocycles. The molecule has 2 amide bonds. The molecular formula is C28H32F3N5O4. The third-order valence-corrected chi connectivity index (χ3v) is 6.89. The van der Waals surface area contributed by atoms with E-state index in [-0.39, 0.29) is 47.0 Å². The zero-order valence-electron chi connectivity index (χ0n) is 22.9. The minimum absolute atomic E-state index is 0.0268. The van der Waals surface area contributed by atoms with Gasteiger partial charge in [0.25, 0.3) is 11.5 Å². The molecule has 1 saturated heterocycles. The molecule has 0 spiro atoms. The van der Waals surface area contributed by atoms with Gasteiger partial charge < -0.3 is 20.3 Å². The lowest BCUT2D eigenvalue weighted by Crippen LogP contribution is -2.48. The molecule has 214 valence electrons. The van der Waals surface area contributed by atoms with Gasteiger partial charge in [0.05, 0.1) is 28.7 Å². The molecule has 40 heavy (non-hydrogen) atoms. The Labute approximate surface area is 229 Å². The summed E-state index contributed by atoms with van der Waals surface area (Å²) >= 11 is 0. The van der Waals surface area contributed by atoms with Crippen LogP contribution in [0.15, 0.2) is 41.2 Å². The van der Waals surface area contributed by atoms with E-state index in [1.54, 1.807) is 36.1 Å². The number of hydrogen-bond acceptors (Lipinski definition) is 6. The quantitative estimate of drug-likeness (QED) is 0.475. The van der Waals surface area contributed by atoms with Crippen LogP contribution in [0.2, 0.25) is 0 Å². The summed E-state index contributed by atoms with van der Waals surface area (Å²) in [7, 11) is 1.42. The lowest BCUT2D eigenvalue weighted by molar-refractivity contribution is -0.138. The largest absolute Gasteiger partial charge is 0.416 e. The number of morpholine rings is 1. The Balaban J connectivity index is 1.64. The van der Waals surface area contributed by atoms with E-state index in [1.165, 1.54) is 20.0 Å². The number of fused-ring (bicyclic) bond motifs is 1. The molecule has 1 aliphatic rings. The van der Waals surface area contributed by atoms with Crippen LogP contribution >= 0.6 is 0 Å². The zero-order valence-corrected chi connectivity index (χ0v) is 22.9. The molecule has 2 heterocycles. The van der Waals surface area contributed by atoms with Gasteiger partial charge in [0, 0.05) is 37.4 Å². The van der Waals surface area contributed by atoms with Crippen molar-refractivity contribution in [3.8, 4) is 0 Å². The average molecular weight is 560 g/mol. The molecule has 1 aromatic heterocycles. The Kier molecular flexibility index (Phi) is 8.20. The highest BCUT2D eigenvalue weighted by Gasteiger charge is 2.36. The highest BCUT2D eigenvalue weighted by Crippen LogP contribution is 2.37. The third-order valence-electron chi connectivity index (χ3n) is 6.89. The van der Waals surface area contributed by atoms with Gasteiger partial charge in [-0.05, 0) is 69.7 Å². The van der Waals surface area contributed by atoms with Crippen molar-refractivity contribution in [2.75, 3.05) is 25.5 Å². The Morgan fingerprint density at radius 1 is 1.12 bits per heavy atom. The lowest BCUT2D eigenvalue weighted by Gasteiger charge is -2.35. The molecule has 1 fully saturated rings. The number of carbonyl (C=O) groups is 2. The maximum atomic E-state index is 14.1. The van der Waals surface area contributed by atoms with Crippen molar-refractivity contribution in [2.24, 2.45) is 0 Å². The number of likely N-dealkylation sites (N-methyl/N-ethyl adjacent to an activating group) is 1. The predicted octanol–water partition coefficient (Wildman–Crippen LogP) is 3.89. The first kappa shape index (κ1) is 29.1.